The Bertz CT molecular complexity index is 757. The van der Waals surface area contributed by atoms with E-state index in [0.29, 0.717) is 24.4 Å². The van der Waals surface area contributed by atoms with Crippen molar-refractivity contribution in [1.29, 1.82) is 0 Å². The lowest BCUT2D eigenvalue weighted by molar-refractivity contribution is -0.192. The molecule has 1 aliphatic heterocycles. The van der Waals surface area contributed by atoms with Gasteiger partial charge in [0.15, 0.2) is 0 Å². The molecule has 0 amide bonds. The standard InChI is InChI=1S/C14H19N3O3.C2HF3O2/c1-9(2)17-5-7-19-12(8-17)13-15-14(20-16-13)11-4-6-18-10(11)3;3-2(4,5)1(6)7/h4,6,9,12H,5,7-8H2,1-3H3;(H,6,7). The Balaban J connectivity index is 0.000000321. The minimum absolute atomic E-state index is 0.129. The van der Waals surface area contributed by atoms with Crippen molar-refractivity contribution in [2.75, 3.05) is 19.7 Å². The van der Waals surface area contributed by atoms with E-state index in [1.54, 1.807) is 6.26 Å². The second kappa shape index (κ2) is 8.53. The Kier molecular flexibility index (Phi) is 6.60. The van der Waals surface area contributed by atoms with Crippen LogP contribution in [0.4, 0.5) is 13.2 Å². The van der Waals surface area contributed by atoms with Crippen LogP contribution in [-0.2, 0) is 9.53 Å². The molecule has 0 aromatic carbocycles. The van der Waals surface area contributed by atoms with Gasteiger partial charge in [0.2, 0.25) is 5.82 Å². The quantitative estimate of drug-likeness (QED) is 0.852. The highest BCUT2D eigenvalue weighted by Gasteiger charge is 2.38. The largest absolute Gasteiger partial charge is 0.490 e. The van der Waals surface area contributed by atoms with Crippen LogP contribution >= 0.6 is 0 Å². The maximum Gasteiger partial charge on any atom is 0.490 e. The Morgan fingerprint density at radius 2 is 2.07 bits per heavy atom. The maximum absolute atomic E-state index is 10.6. The van der Waals surface area contributed by atoms with Crippen LogP contribution in [0.15, 0.2) is 21.3 Å². The van der Waals surface area contributed by atoms with Gasteiger partial charge >= 0.3 is 12.1 Å². The number of hydrogen-bond acceptors (Lipinski definition) is 7. The molecule has 2 aromatic heterocycles. The summed E-state index contributed by atoms with van der Waals surface area (Å²) >= 11 is 0. The molecule has 1 atom stereocenters. The Morgan fingerprint density at radius 3 is 2.59 bits per heavy atom. The van der Waals surface area contributed by atoms with E-state index < -0.39 is 12.1 Å². The van der Waals surface area contributed by atoms with Gasteiger partial charge in [-0.15, -0.1) is 0 Å². The summed E-state index contributed by atoms with van der Waals surface area (Å²) in [6.07, 6.45) is -3.59. The second-order valence-corrected chi connectivity index (χ2v) is 6.10. The minimum Gasteiger partial charge on any atom is -0.475 e. The molecule has 0 saturated carbocycles. The van der Waals surface area contributed by atoms with E-state index in [2.05, 4.69) is 28.9 Å². The molecule has 0 bridgehead atoms. The Labute approximate surface area is 152 Å². The molecular formula is C16H20F3N3O5. The molecule has 0 aliphatic carbocycles. The molecule has 27 heavy (non-hydrogen) atoms. The van der Waals surface area contributed by atoms with Crippen LogP contribution in [0.2, 0.25) is 0 Å². The molecule has 3 rings (SSSR count). The van der Waals surface area contributed by atoms with Crippen molar-refractivity contribution in [2.45, 2.75) is 39.1 Å². The van der Waals surface area contributed by atoms with Gasteiger partial charge in [-0.2, -0.15) is 18.2 Å². The van der Waals surface area contributed by atoms with E-state index in [9.17, 15) is 13.2 Å². The van der Waals surface area contributed by atoms with Crippen LogP contribution in [0.25, 0.3) is 11.5 Å². The van der Waals surface area contributed by atoms with Crippen molar-refractivity contribution < 1.29 is 36.7 Å². The zero-order chi connectivity index (χ0) is 20.2. The van der Waals surface area contributed by atoms with E-state index in [1.807, 2.05) is 13.0 Å². The Hall–Kier alpha value is -2.40. The molecule has 0 spiro atoms. The number of aryl methyl sites for hydroxylation is 1. The summed E-state index contributed by atoms with van der Waals surface area (Å²) in [7, 11) is 0. The van der Waals surface area contributed by atoms with Crippen molar-refractivity contribution in [3.8, 4) is 11.5 Å². The summed E-state index contributed by atoms with van der Waals surface area (Å²) in [5.41, 5.74) is 0.834. The monoisotopic (exact) mass is 391 g/mol. The number of aromatic nitrogens is 2. The number of furan rings is 1. The summed E-state index contributed by atoms with van der Waals surface area (Å²) in [4.78, 5) is 15.7. The summed E-state index contributed by atoms with van der Waals surface area (Å²) in [5.74, 6) is -0.900. The fourth-order valence-electron chi connectivity index (χ4n) is 2.38. The van der Waals surface area contributed by atoms with Gasteiger partial charge in [0.05, 0.1) is 18.4 Å². The second-order valence-electron chi connectivity index (χ2n) is 6.10. The Morgan fingerprint density at radius 1 is 1.41 bits per heavy atom. The fourth-order valence-corrected chi connectivity index (χ4v) is 2.38. The average molecular weight is 391 g/mol. The van der Waals surface area contributed by atoms with Gasteiger partial charge < -0.3 is 18.8 Å². The smallest absolute Gasteiger partial charge is 0.475 e. The third kappa shape index (κ3) is 5.54. The normalized spacial score (nSPS) is 18.3. The maximum atomic E-state index is 10.6. The number of alkyl halides is 3. The number of halogens is 3. The molecule has 1 saturated heterocycles. The van der Waals surface area contributed by atoms with Gasteiger partial charge in [-0.3, -0.25) is 4.90 Å². The van der Waals surface area contributed by atoms with Crippen molar-refractivity contribution in [1.82, 2.24) is 15.0 Å². The molecule has 1 fully saturated rings. The molecule has 8 nitrogen and oxygen atoms in total. The van der Waals surface area contributed by atoms with Gasteiger partial charge in [-0.1, -0.05) is 5.16 Å². The van der Waals surface area contributed by atoms with E-state index in [1.165, 1.54) is 0 Å². The van der Waals surface area contributed by atoms with Gasteiger partial charge in [-0.25, -0.2) is 4.79 Å². The average Bonchev–Trinajstić information content (AvgIpc) is 3.23. The first-order chi connectivity index (χ1) is 12.6. The lowest BCUT2D eigenvalue weighted by Crippen LogP contribution is -2.42. The van der Waals surface area contributed by atoms with E-state index >= 15 is 0 Å². The molecule has 1 N–H and O–H groups in total. The topological polar surface area (TPSA) is 102 Å². The summed E-state index contributed by atoms with van der Waals surface area (Å²) < 4.78 is 48.1. The molecular weight excluding hydrogens is 371 g/mol. The highest BCUT2D eigenvalue weighted by molar-refractivity contribution is 5.73. The number of hydrogen-bond donors (Lipinski definition) is 1. The van der Waals surface area contributed by atoms with Crippen LogP contribution in [0.5, 0.6) is 0 Å². The summed E-state index contributed by atoms with van der Waals surface area (Å²) in [5, 5.41) is 11.2. The number of aliphatic carboxylic acids is 1. The molecule has 0 radical (unpaired) electrons. The highest BCUT2D eigenvalue weighted by Crippen LogP contribution is 2.26. The van der Waals surface area contributed by atoms with E-state index in [4.69, 9.17) is 23.6 Å². The third-order valence-electron chi connectivity index (χ3n) is 3.89. The molecule has 3 heterocycles. The molecule has 2 aromatic rings. The minimum atomic E-state index is -5.08. The van der Waals surface area contributed by atoms with Gasteiger partial charge in [0, 0.05) is 19.1 Å². The first-order valence-corrected chi connectivity index (χ1v) is 8.13. The van der Waals surface area contributed by atoms with Gasteiger partial charge in [0.25, 0.3) is 5.89 Å². The summed E-state index contributed by atoms with van der Waals surface area (Å²) in [6, 6.07) is 2.32. The number of morpholine rings is 1. The number of rotatable bonds is 3. The van der Waals surface area contributed by atoms with Crippen molar-refractivity contribution in [3.63, 3.8) is 0 Å². The number of ether oxygens (including phenoxy) is 1. The number of carboxylic acid groups (broad SMARTS) is 1. The molecule has 1 unspecified atom stereocenters. The van der Waals surface area contributed by atoms with E-state index in [0.717, 1.165) is 24.4 Å². The third-order valence-corrected chi connectivity index (χ3v) is 3.89. The lowest BCUT2D eigenvalue weighted by Gasteiger charge is -2.34. The summed E-state index contributed by atoms with van der Waals surface area (Å²) in [6.45, 7) is 8.66. The highest BCUT2D eigenvalue weighted by atomic mass is 19.4. The molecule has 11 heteroatoms. The zero-order valence-corrected chi connectivity index (χ0v) is 15.0. The molecule has 1 aliphatic rings. The predicted molar refractivity (Wildman–Crippen MR) is 85.8 cm³/mol. The SMILES string of the molecule is Cc1occc1-c1nc(C2CN(C(C)C)CCO2)no1.O=C(O)C(F)(F)F. The fraction of sp³-hybridized carbons (Fsp3) is 0.562. The van der Waals surface area contributed by atoms with Crippen LogP contribution < -0.4 is 0 Å². The lowest BCUT2D eigenvalue weighted by atomic mass is 10.2. The van der Waals surface area contributed by atoms with Crippen molar-refractivity contribution in [2.24, 2.45) is 0 Å². The number of carbonyl (C=O) groups is 1. The first-order valence-electron chi connectivity index (χ1n) is 8.13. The molecule has 150 valence electrons. The first kappa shape index (κ1) is 20.9. The van der Waals surface area contributed by atoms with Gasteiger partial charge in [-0.05, 0) is 26.8 Å². The van der Waals surface area contributed by atoms with Crippen LogP contribution in [0.1, 0.15) is 31.5 Å². The van der Waals surface area contributed by atoms with Crippen molar-refractivity contribution >= 4 is 5.97 Å². The zero-order valence-electron chi connectivity index (χ0n) is 15.0. The van der Waals surface area contributed by atoms with Crippen LogP contribution in [-0.4, -0.2) is 58.0 Å². The van der Waals surface area contributed by atoms with Gasteiger partial charge in [0.1, 0.15) is 11.9 Å². The van der Waals surface area contributed by atoms with Crippen LogP contribution in [0, 0.1) is 6.92 Å². The number of carboxylic acids is 1. The van der Waals surface area contributed by atoms with Crippen LogP contribution in [0.3, 0.4) is 0 Å². The predicted octanol–water partition coefficient (Wildman–Crippen LogP) is 3.05. The van der Waals surface area contributed by atoms with E-state index in [-0.39, 0.29) is 6.10 Å². The van der Waals surface area contributed by atoms with Crippen molar-refractivity contribution in [3.05, 3.63) is 23.9 Å². The number of nitrogens with zero attached hydrogens (tertiary/aromatic N) is 3.